The molecule has 0 bridgehead atoms. The standard InChI is InChI=1S/C22H21ClFNO3/c1-3-27-22(26)18-10-15(2)25(13-18)12-17-11-19(23)6-9-21(17)28-14-16-4-7-20(24)8-5-16/h4-11,13H,3,12,14H2,1-2H3. The molecule has 0 spiro atoms. The van der Waals surface area contributed by atoms with Crippen LogP contribution >= 0.6 is 11.6 Å². The van der Waals surface area contributed by atoms with Crippen LogP contribution in [0.5, 0.6) is 5.75 Å². The van der Waals surface area contributed by atoms with E-state index < -0.39 is 0 Å². The highest BCUT2D eigenvalue weighted by Crippen LogP contribution is 2.26. The molecule has 0 aliphatic heterocycles. The molecule has 0 unspecified atom stereocenters. The number of carbonyl (C=O) groups is 1. The molecule has 0 saturated carbocycles. The van der Waals surface area contributed by atoms with Gasteiger partial charge in [-0.3, -0.25) is 0 Å². The lowest BCUT2D eigenvalue weighted by Gasteiger charge is -2.14. The van der Waals surface area contributed by atoms with Gasteiger partial charge in [0, 0.05) is 22.5 Å². The monoisotopic (exact) mass is 401 g/mol. The zero-order valence-electron chi connectivity index (χ0n) is 15.7. The summed E-state index contributed by atoms with van der Waals surface area (Å²) in [6.45, 7) is 4.84. The number of aryl methyl sites for hydroxylation is 1. The van der Waals surface area contributed by atoms with Crippen LogP contribution in [0.2, 0.25) is 5.02 Å². The molecular formula is C22H21ClFNO3. The molecule has 0 amide bonds. The second-order valence-electron chi connectivity index (χ2n) is 6.39. The Labute approximate surface area is 168 Å². The number of aromatic nitrogens is 1. The smallest absolute Gasteiger partial charge is 0.339 e. The molecule has 0 N–H and O–H groups in total. The highest BCUT2D eigenvalue weighted by Gasteiger charge is 2.13. The molecule has 1 heterocycles. The predicted molar refractivity (Wildman–Crippen MR) is 106 cm³/mol. The molecule has 0 aliphatic carbocycles. The van der Waals surface area contributed by atoms with Gasteiger partial charge in [0.25, 0.3) is 0 Å². The lowest BCUT2D eigenvalue weighted by atomic mass is 10.2. The summed E-state index contributed by atoms with van der Waals surface area (Å²) in [7, 11) is 0. The van der Waals surface area contributed by atoms with Crippen molar-refractivity contribution in [2.45, 2.75) is 27.0 Å². The molecule has 4 nitrogen and oxygen atoms in total. The van der Waals surface area contributed by atoms with Gasteiger partial charge in [0.05, 0.1) is 18.7 Å². The summed E-state index contributed by atoms with van der Waals surface area (Å²) >= 11 is 6.17. The van der Waals surface area contributed by atoms with E-state index in [1.807, 2.05) is 23.6 Å². The quantitative estimate of drug-likeness (QED) is 0.498. The highest BCUT2D eigenvalue weighted by molar-refractivity contribution is 6.30. The second-order valence-corrected chi connectivity index (χ2v) is 6.82. The highest BCUT2D eigenvalue weighted by atomic mass is 35.5. The van der Waals surface area contributed by atoms with Crippen molar-refractivity contribution in [1.82, 2.24) is 4.57 Å². The van der Waals surface area contributed by atoms with Gasteiger partial charge in [-0.15, -0.1) is 0 Å². The fourth-order valence-electron chi connectivity index (χ4n) is 2.85. The van der Waals surface area contributed by atoms with Crippen molar-refractivity contribution in [3.63, 3.8) is 0 Å². The summed E-state index contributed by atoms with van der Waals surface area (Å²) in [5.41, 5.74) is 3.18. The topological polar surface area (TPSA) is 40.5 Å². The Kier molecular flexibility index (Phi) is 6.37. The van der Waals surface area contributed by atoms with Crippen LogP contribution in [0.4, 0.5) is 4.39 Å². The van der Waals surface area contributed by atoms with Crippen LogP contribution in [0.15, 0.2) is 54.7 Å². The molecule has 0 saturated heterocycles. The van der Waals surface area contributed by atoms with Gasteiger partial charge in [-0.25, -0.2) is 9.18 Å². The first-order valence-electron chi connectivity index (χ1n) is 8.96. The first-order valence-corrected chi connectivity index (χ1v) is 9.33. The number of ether oxygens (including phenoxy) is 2. The number of nitrogens with zero attached hydrogens (tertiary/aromatic N) is 1. The maximum Gasteiger partial charge on any atom is 0.339 e. The minimum absolute atomic E-state index is 0.281. The Hall–Kier alpha value is -2.79. The van der Waals surface area contributed by atoms with E-state index in [0.29, 0.717) is 36.1 Å². The maximum atomic E-state index is 13.1. The maximum absolute atomic E-state index is 13.1. The van der Waals surface area contributed by atoms with Crippen molar-refractivity contribution < 1.29 is 18.7 Å². The number of esters is 1. The van der Waals surface area contributed by atoms with Crippen LogP contribution in [0, 0.1) is 12.7 Å². The summed E-state index contributed by atoms with van der Waals surface area (Å²) in [6, 6.07) is 13.4. The van der Waals surface area contributed by atoms with Gasteiger partial charge in [-0.05, 0) is 55.8 Å². The summed E-state index contributed by atoms with van der Waals surface area (Å²) in [6.07, 6.45) is 1.76. The van der Waals surface area contributed by atoms with E-state index in [2.05, 4.69) is 0 Å². The zero-order valence-corrected chi connectivity index (χ0v) is 16.5. The zero-order chi connectivity index (χ0) is 20.1. The third-order valence-electron chi connectivity index (χ3n) is 4.29. The van der Waals surface area contributed by atoms with Crippen molar-refractivity contribution in [2.24, 2.45) is 0 Å². The Bertz CT molecular complexity index is 966. The Morgan fingerprint density at radius 3 is 2.61 bits per heavy atom. The van der Waals surface area contributed by atoms with Crippen molar-refractivity contribution in [1.29, 1.82) is 0 Å². The largest absolute Gasteiger partial charge is 0.489 e. The van der Waals surface area contributed by atoms with Crippen molar-refractivity contribution in [3.8, 4) is 5.75 Å². The van der Waals surface area contributed by atoms with E-state index in [4.69, 9.17) is 21.1 Å². The number of carbonyl (C=O) groups excluding carboxylic acids is 1. The Morgan fingerprint density at radius 2 is 1.89 bits per heavy atom. The van der Waals surface area contributed by atoms with Gasteiger partial charge in [0.2, 0.25) is 0 Å². The molecule has 1 aromatic heterocycles. The first-order chi connectivity index (χ1) is 13.5. The molecular weight excluding hydrogens is 381 g/mol. The van der Waals surface area contributed by atoms with E-state index >= 15 is 0 Å². The van der Waals surface area contributed by atoms with Crippen molar-refractivity contribution in [2.75, 3.05) is 6.61 Å². The summed E-state index contributed by atoms with van der Waals surface area (Å²) < 4.78 is 26.0. The van der Waals surface area contributed by atoms with Crippen LogP contribution < -0.4 is 4.74 Å². The molecule has 146 valence electrons. The normalized spacial score (nSPS) is 10.7. The third kappa shape index (κ3) is 4.93. The molecule has 0 radical (unpaired) electrons. The summed E-state index contributed by atoms with van der Waals surface area (Å²) in [5.74, 6) is 0.0548. The lowest BCUT2D eigenvalue weighted by Crippen LogP contribution is -2.05. The molecule has 2 aromatic carbocycles. The SMILES string of the molecule is CCOC(=O)c1cc(C)n(Cc2cc(Cl)ccc2OCc2ccc(F)cc2)c1. The fraction of sp³-hybridized carbons (Fsp3) is 0.227. The first kappa shape index (κ1) is 20.0. The number of benzene rings is 2. The van der Waals surface area contributed by atoms with E-state index in [9.17, 15) is 9.18 Å². The van der Waals surface area contributed by atoms with Gasteiger partial charge in [0.1, 0.15) is 18.2 Å². The molecule has 6 heteroatoms. The van der Waals surface area contributed by atoms with E-state index in [-0.39, 0.29) is 11.8 Å². The van der Waals surface area contributed by atoms with Crippen LogP contribution in [0.25, 0.3) is 0 Å². The second kappa shape index (κ2) is 8.93. The average molecular weight is 402 g/mol. The van der Waals surface area contributed by atoms with Gasteiger partial charge < -0.3 is 14.0 Å². The number of rotatable bonds is 7. The lowest BCUT2D eigenvalue weighted by molar-refractivity contribution is 0.0526. The molecule has 0 aliphatic rings. The Balaban J connectivity index is 1.79. The summed E-state index contributed by atoms with van der Waals surface area (Å²) in [4.78, 5) is 12.0. The number of halogens is 2. The number of hydrogen-bond acceptors (Lipinski definition) is 3. The van der Waals surface area contributed by atoms with Crippen LogP contribution in [0.1, 0.15) is 34.1 Å². The summed E-state index contributed by atoms with van der Waals surface area (Å²) in [5, 5.41) is 0.597. The van der Waals surface area contributed by atoms with Crippen LogP contribution in [-0.4, -0.2) is 17.1 Å². The van der Waals surface area contributed by atoms with Gasteiger partial charge in [-0.1, -0.05) is 23.7 Å². The van der Waals surface area contributed by atoms with Crippen molar-refractivity contribution in [3.05, 3.63) is 88.0 Å². The van der Waals surface area contributed by atoms with Gasteiger partial charge in [-0.2, -0.15) is 0 Å². The van der Waals surface area contributed by atoms with E-state index in [1.54, 1.807) is 37.4 Å². The molecule has 3 rings (SSSR count). The number of hydrogen-bond donors (Lipinski definition) is 0. The van der Waals surface area contributed by atoms with Crippen molar-refractivity contribution >= 4 is 17.6 Å². The van der Waals surface area contributed by atoms with Gasteiger partial charge >= 0.3 is 5.97 Å². The van der Waals surface area contributed by atoms with E-state index in [0.717, 1.165) is 16.8 Å². The van der Waals surface area contributed by atoms with Crippen LogP contribution in [0.3, 0.4) is 0 Å². The minimum Gasteiger partial charge on any atom is -0.489 e. The van der Waals surface area contributed by atoms with E-state index in [1.165, 1.54) is 12.1 Å². The molecule has 28 heavy (non-hydrogen) atoms. The predicted octanol–water partition coefficient (Wildman–Crippen LogP) is 5.39. The molecule has 0 atom stereocenters. The average Bonchev–Trinajstić information content (AvgIpc) is 3.03. The minimum atomic E-state index is -0.344. The molecule has 3 aromatic rings. The third-order valence-corrected chi connectivity index (χ3v) is 4.53. The molecule has 0 fully saturated rings. The van der Waals surface area contributed by atoms with Crippen LogP contribution in [-0.2, 0) is 17.9 Å². The fourth-order valence-corrected chi connectivity index (χ4v) is 3.04. The Morgan fingerprint density at radius 1 is 1.14 bits per heavy atom. The van der Waals surface area contributed by atoms with Gasteiger partial charge in [0.15, 0.2) is 0 Å².